The van der Waals surface area contributed by atoms with Gasteiger partial charge in [0.15, 0.2) is 0 Å². The molecule has 1 aromatic heterocycles. The number of nitrogens with zero attached hydrogens (tertiary/aromatic N) is 3. The Morgan fingerprint density at radius 3 is 2.85 bits per heavy atom. The molecule has 1 N–H and O–H groups in total. The van der Waals surface area contributed by atoms with Gasteiger partial charge in [-0.3, -0.25) is 4.57 Å². The zero-order valence-electron chi connectivity index (χ0n) is 11.5. The van der Waals surface area contributed by atoms with Gasteiger partial charge in [-0.15, -0.1) is 0 Å². The highest BCUT2D eigenvalue weighted by atomic mass is 16.5. The number of hydrogen-bond donors (Lipinski definition) is 1. The minimum atomic E-state index is -0.00462. The monoisotopic (exact) mass is 274 g/mol. The molecular formula is C14H18N4O2. The molecule has 0 bridgehead atoms. The summed E-state index contributed by atoms with van der Waals surface area (Å²) in [7, 11) is 1.65. The lowest BCUT2D eigenvalue weighted by Crippen LogP contribution is -2.34. The average molecular weight is 274 g/mol. The Labute approximate surface area is 117 Å². The first-order valence-electron chi connectivity index (χ1n) is 6.78. The third kappa shape index (κ3) is 2.46. The van der Waals surface area contributed by atoms with Crippen LogP contribution in [0, 0.1) is 0 Å². The summed E-state index contributed by atoms with van der Waals surface area (Å²) in [6, 6.07) is 7.89. The lowest BCUT2D eigenvalue weighted by Gasteiger charge is -2.11. The SMILES string of the molecule is COc1ccc(CCn2nc3n(c2=O)CCNC3)cc1. The quantitative estimate of drug-likeness (QED) is 0.876. The number of benzene rings is 1. The Morgan fingerprint density at radius 1 is 1.35 bits per heavy atom. The first kappa shape index (κ1) is 12.9. The predicted molar refractivity (Wildman–Crippen MR) is 74.9 cm³/mol. The largest absolute Gasteiger partial charge is 0.497 e. The highest BCUT2D eigenvalue weighted by Crippen LogP contribution is 2.12. The fraction of sp³-hybridized carbons (Fsp3) is 0.429. The second-order valence-electron chi connectivity index (χ2n) is 4.85. The molecule has 3 rings (SSSR count). The van der Waals surface area contributed by atoms with E-state index in [1.165, 1.54) is 5.56 Å². The Hall–Kier alpha value is -2.08. The molecule has 6 heteroatoms. The van der Waals surface area contributed by atoms with Gasteiger partial charge >= 0.3 is 5.69 Å². The molecule has 106 valence electrons. The molecule has 2 heterocycles. The van der Waals surface area contributed by atoms with Crippen LogP contribution in [0.15, 0.2) is 29.1 Å². The minimum absolute atomic E-state index is 0.00462. The molecule has 0 fully saturated rings. The number of hydrogen-bond acceptors (Lipinski definition) is 4. The average Bonchev–Trinajstić information content (AvgIpc) is 2.83. The van der Waals surface area contributed by atoms with Gasteiger partial charge in [0.05, 0.1) is 20.2 Å². The Kier molecular flexibility index (Phi) is 3.56. The van der Waals surface area contributed by atoms with E-state index in [1.54, 1.807) is 16.4 Å². The van der Waals surface area contributed by atoms with Crippen molar-refractivity contribution in [2.24, 2.45) is 0 Å². The van der Waals surface area contributed by atoms with Gasteiger partial charge in [0.25, 0.3) is 0 Å². The topological polar surface area (TPSA) is 61.1 Å². The van der Waals surface area contributed by atoms with Crippen molar-refractivity contribution in [2.45, 2.75) is 26.1 Å². The van der Waals surface area contributed by atoms with E-state index >= 15 is 0 Å². The minimum Gasteiger partial charge on any atom is -0.497 e. The number of fused-ring (bicyclic) bond motifs is 1. The molecule has 0 spiro atoms. The van der Waals surface area contributed by atoms with Crippen molar-refractivity contribution in [1.29, 1.82) is 0 Å². The molecule has 0 radical (unpaired) electrons. The van der Waals surface area contributed by atoms with Crippen molar-refractivity contribution >= 4 is 0 Å². The van der Waals surface area contributed by atoms with E-state index < -0.39 is 0 Å². The summed E-state index contributed by atoms with van der Waals surface area (Å²) < 4.78 is 8.44. The van der Waals surface area contributed by atoms with Gasteiger partial charge in [0.1, 0.15) is 11.6 Å². The van der Waals surface area contributed by atoms with Crippen LogP contribution < -0.4 is 15.7 Å². The Morgan fingerprint density at radius 2 is 2.15 bits per heavy atom. The van der Waals surface area contributed by atoms with Gasteiger partial charge in [-0.2, -0.15) is 5.10 Å². The third-order valence-corrected chi connectivity index (χ3v) is 3.57. The summed E-state index contributed by atoms with van der Waals surface area (Å²) in [4.78, 5) is 12.2. The fourth-order valence-electron chi connectivity index (χ4n) is 2.41. The van der Waals surface area contributed by atoms with Crippen LogP contribution in [0.3, 0.4) is 0 Å². The molecule has 2 aromatic rings. The molecule has 0 aliphatic carbocycles. The molecule has 1 aliphatic heterocycles. The fourth-order valence-corrected chi connectivity index (χ4v) is 2.41. The van der Waals surface area contributed by atoms with Gasteiger partial charge in [-0.1, -0.05) is 12.1 Å². The summed E-state index contributed by atoms with van der Waals surface area (Å²) in [6.45, 7) is 2.81. The molecular weight excluding hydrogens is 256 g/mol. The zero-order valence-corrected chi connectivity index (χ0v) is 11.5. The first-order chi connectivity index (χ1) is 9.78. The van der Waals surface area contributed by atoms with Crippen molar-refractivity contribution < 1.29 is 4.74 Å². The molecule has 0 atom stereocenters. The van der Waals surface area contributed by atoms with E-state index in [0.717, 1.165) is 24.5 Å². The van der Waals surface area contributed by atoms with Crippen molar-refractivity contribution in [2.75, 3.05) is 13.7 Å². The molecule has 0 unspecified atom stereocenters. The molecule has 1 aliphatic rings. The van der Waals surface area contributed by atoms with Crippen LogP contribution in [0.4, 0.5) is 0 Å². The molecule has 6 nitrogen and oxygen atoms in total. The molecule has 0 saturated carbocycles. The van der Waals surface area contributed by atoms with Crippen molar-refractivity contribution in [1.82, 2.24) is 19.7 Å². The van der Waals surface area contributed by atoms with Gasteiger partial charge in [-0.25, -0.2) is 9.48 Å². The van der Waals surface area contributed by atoms with E-state index in [9.17, 15) is 4.79 Å². The normalized spacial score (nSPS) is 14.1. The number of ether oxygens (including phenoxy) is 1. The summed E-state index contributed by atoms with van der Waals surface area (Å²) in [5, 5.41) is 7.60. The Balaban J connectivity index is 1.71. The van der Waals surface area contributed by atoms with Crippen LogP contribution in [0.5, 0.6) is 5.75 Å². The maximum absolute atomic E-state index is 12.2. The summed E-state index contributed by atoms with van der Waals surface area (Å²) in [6.07, 6.45) is 0.785. The molecule has 0 amide bonds. The van der Waals surface area contributed by atoms with Gasteiger partial charge in [0.2, 0.25) is 0 Å². The Bertz CT molecular complexity index is 642. The van der Waals surface area contributed by atoms with E-state index in [4.69, 9.17) is 4.74 Å². The van der Waals surface area contributed by atoms with Gasteiger partial charge in [-0.05, 0) is 24.1 Å². The summed E-state index contributed by atoms with van der Waals surface area (Å²) in [5.41, 5.74) is 1.16. The number of aryl methyl sites for hydroxylation is 2. The highest BCUT2D eigenvalue weighted by molar-refractivity contribution is 5.27. The first-order valence-corrected chi connectivity index (χ1v) is 6.78. The maximum Gasteiger partial charge on any atom is 0.346 e. The van der Waals surface area contributed by atoms with Gasteiger partial charge < -0.3 is 10.1 Å². The van der Waals surface area contributed by atoms with Crippen LogP contribution in [0.1, 0.15) is 11.4 Å². The lowest BCUT2D eigenvalue weighted by molar-refractivity contribution is 0.414. The molecule has 20 heavy (non-hydrogen) atoms. The third-order valence-electron chi connectivity index (χ3n) is 3.57. The maximum atomic E-state index is 12.2. The highest BCUT2D eigenvalue weighted by Gasteiger charge is 2.15. The zero-order chi connectivity index (χ0) is 13.9. The molecule has 0 saturated heterocycles. The number of methoxy groups -OCH3 is 1. The van der Waals surface area contributed by atoms with Gasteiger partial charge in [0, 0.05) is 13.1 Å². The van der Waals surface area contributed by atoms with Crippen LogP contribution in [-0.2, 0) is 26.1 Å². The van der Waals surface area contributed by atoms with E-state index in [0.29, 0.717) is 19.6 Å². The number of aromatic nitrogens is 3. The molecule has 1 aromatic carbocycles. The van der Waals surface area contributed by atoms with Crippen LogP contribution in [-0.4, -0.2) is 28.0 Å². The van der Waals surface area contributed by atoms with E-state index in [-0.39, 0.29) is 5.69 Å². The van der Waals surface area contributed by atoms with Crippen molar-refractivity contribution in [3.8, 4) is 5.75 Å². The smallest absolute Gasteiger partial charge is 0.346 e. The van der Waals surface area contributed by atoms with E-state index in [1.807, 2.05) is 24.3 Å². The summed E-state index contributed by atoms with van der Waals surface area (Å²) >= 11 is 0. The van der Waals surface area contributed by atoms with Crippen molar-refractivity contribution in [3.63, 3.8) is 0 Å². The standard InChI is InChI=1S/C14H18N4O2/c1-20-12-4-2-11(3-5-12)6-8-18-14(19)17-9-7-15-10-13(17)16-18/h2-5,15H,6-10H2,1H3. The summed E-state index contributed by atoms with van der Waals surface area (Å²) in [5.74, 6) is 1.67. The van der Waals surface area contributed by atoms with Crippen LogP contribution in [0.25, 0.3) is 0 Å². The second-order valence-corrected chi connectivity index (χ2v) is 4.85. The lowest BCUT2D eigenvalue weighted by atomic mass is 10.1. The van der Waals surface area contributed by atoms with Crippen molar-refractivity contribution in [3.05, 3.63) is 46.1 Å². The van der Waals surface area contributed by atoms with Crippen LogP contribution in [0.2, 0.25) is 0 Å². The number of nitrogens with one attached hydrogen (secondary N) is 1. The predicted octanol–water partition coefficient (Wildman–Crippen LogP) is 0.399. The van der Waals surface area contributed by atoms with E-state index in [2.05, 4.69) is 10.4 Å². The number of rotatable bonds is 4. The second kappa shape index (κ2) is 5.50. The van der Waals surface area contributed by atoms with Crippen LogP contribution >= 0.6 is 0 Å².